The highest BCUT2D eigenvalue weighted by molar-refractivity contribution is 7.71. The fraction of sp³-hybridized carbons (Fsp3) is 0.0769. The Morgan fingerprint density at radius 2 is 2.11 bits per heavy atom. The number of H-pyrrole nitrogens is 1. The van der Waals surface area contributed by atoms with E-state index in [1.54, 1.807) is 12.3 Å². The van der Waals surface area contributed by atoms with Crippen molar-refractivity contribution >= 4 is 46.6 Å². The maximum absolute atomic E-state index is 6.16. The summed E-state index contributed by atoms with van der Waals surface area (Å²) < 4.78 is 2.43. The van der Waals surface area contributed by atoms with Crippen LogP contribution in [0.3, 0.4) is 0 Å². The standard InChI is InChI=1S/C13H9Cl2N3S/c1-7-9(15)3-2-4-11(7)18-12-10(17-13(18)19)5-8(14)6-16-12/h2-6H,1H3,(H,17,19). The molecule has 0 saturated carbocycles. The number of aromatic nitrogens is 3. The van der Waals surface area contributed by atoms with E-state index in [2.05, 4.69) is 9.97 Å². The molecule has 1 N–H and O–H groups in total. The number of nitrogens with zero attached hydrogens (tertiary/aromatic N) is 2. The second-order valence-electron chi connectivity index (χ2n) is 4.17. The van der Waals surface area contributed by atoms with Crippen LogP contribution in [0, 0.1) is 11.7 Å². The molecule has 0 spiro atoms. The minimum Gasteiger partial charge on any atom is -0.329 e. The van der Waals surface area contributed by atoms with E-state index in [-0.39, 0.29) is 0 Å². The molecule has 0 radical (unpaired) electrons. The van der Waals surface area contributed by atoms with Crippen molar-refractivity contribution in [1.82, 2.24) is 14.5 Å². The van der Waals surface area contributed by atoms with E-state index < -0.39 is 0 Å². The largest absolute Gasteiger partial charge is 0.329 e. The lowest BCUT2D eigenvalue weighted by molar-refractivity contribution is 1.03. The Labute approximate surface area is 124 Å². The number of benzene rings is 1. The molecule has 6 heteroatoms. The maximum Gasteiger partial charge on any atom is 0.184 e. The third-order valence-corrected chi connectivity index (χ3v) is 3.87. The van der Waals surface area contributed by atoms with Crippen molar-refractivity contribution < 1.29 is 0 Å². The average Bonchev–Trinajstić information content (AvgIpc) is 2.68. The molecule has 0 saturated heterocycles. The molecule has 0 fully saturated rings. The Hall–Kier alpha value is -1.36. The van der Waals surface area contributed by atoms with Gasteiger partial charge < -0.3 is 4.98 Å². The molecule has 0 atom stereocenters. The number of rotatable bonds is 1. The van der Waals surface area contributed by atoms with Crippen LogP contribution >= 0.6 is 35.4 Å². The van der Waals surface area contributed by atoms with Gasteiger partial charge in [0.25, 0.3) is 0 Å². The first-order chi connectivity index (χ1) is 9.08. The van der Waals surface area contributed by atoms with Crippen LogP contribution < -0.4 is 0 Å². The van der Waals surface area contributed by atoms with Crippen molar-refractivity contribution in [3.05, 3.63) is 50.8 Å². The van der Waals surface area contributed by atoms with Gasteiger partial charge in [0.2, 0.25) is 0 Å². The lowest BCUT2D eigenvalue weighted by Crippen LogP contribution is -1.98. The molecule has 0 bridgehead atoms. The fourth-order valence-electron chi connectivity index (χ4n) is 2.03. The molecular weight excluding hydrogens is 301 g/mol. The molecule has 0 aliphatic heterocycles. The van der Waals surface area contributed by atoms with Gasteiger partial charge in [-0.2, -0.15) is 0 Å². The van der Waals surface area contributed by atoms with Gasteiger partial charge in [0.15, 0.2) is 10.4 Å². The predicted molar refractivity (Wildman–Crippen MR) is 81.0 cm³/mol. The minimum atomic E-state index is 0.565. The van der Waals surface area contributed by atoms with Crippen molar-refractivity contribution in [2.24, 2.45) is 0 Å². The SMILES string of the molecule is Cc1c(Cl)cccc1-n1c(=S)[nH]c2cc(Cl)cnc21. The lowest BCUT2D eigenvalue weighted by Gasteiger charge is -2.08. The summed E-state index contributed by atoms with van der Waals surface area (Å²) in [6, 6.07) is 7.50. The van der Waals surface area contributed by atoms with E-state index in [0.29, 0.717) is 14.8 Å². The molecule has 0 aliphatic carbocycles. The molecule has 0 aliphatic rings. The molecule has 3 aromatic rings. The van der Waals surface area contributed by atoms with Gasteiger partial charge in [-0.25, -0.2) is 4.98 Å². The zero-order valence-corrected chi connectivity index (χ0v) is 12.3. The highest BCUT2D eigenvalue weighted by Gasteiger charge is 2.11. The number of imidazole rings is 1. The molecule has 0 amide bonds. The number of hydrogen-bond acceptors (Lipinski definition) is 2. The monoisotopic (exact) mass is 309 g/mol. The van der Waals surface area contributed by atoms with Crippen molar-refractivity contribution in [3.8, 4) is 5.69 Å². The number of fused-ring (bicyclic) bond motifs is 1. The van der Waals surface area contributed by atoms with Gasteiger partial charge >= 0.3 is 0 Å². The van der Waals surface area contributed by atoms with Crippen LogP contribution in [-0.4, -0.2) is 14.5 Å². The summed E-state index contributed by atoms with van der Waals surface area (Å²) in [4.78, 5) is 7.44. The summed E-state index contributed by atoms with van der Waals surface area (Å²) in [5, 5.41) is 1.27. The number of aromatic amines is 1. The third-order valence-electron chi connectivity index (χ3n) is 2.97. The number of nitrogens with one attached hydrogen (secondary N) is 1. The number of hydrogen-bond donors (Lipinski definition) is 1. The quantitative estimate of drug-likeness (QED) is 0.661. The molecule has 2 heterocycles. The molecular formula is C13H9Cl2N3S. The summed E-state index contributed by atoms with van der Waals surface area (Å²) in [5.74, 6) is 0. The van der Waals surface area contributed by atoms with Crippen LogP contribution in [0.4, 0.5) is 0 Å². The van der Waals surface area contributed by atoms with Crippen LogP contribution in [0.5, 0.6) is 0 Å². The Balaban J connectivity index is 2.40. The van der Waals surface area contributed by atoms with E-state index in [1.807, 2.05) is 29.7 Å². The van der Waals surface area contributed by atoms with Crippen LogP contribution in [0.2, 0.25) is 10.0 Å². The van der Waals surface area contributed by atoms with Crippen LogP contribution in [0.15, 0.2) is 30.5 Å². The Morgan fingerprint density at radius 1 is 1.32 bits per heavy atom. The van der Waals surface area contributed by atoms with Crippen molar-refractivity contribution in [3.63, 3.8) is 0 Å². The molecule has 96 valence electrons. The van der Waals surface area contributed by atoms with E-state index >= 15 is 0 Å². The normalized spacial score (nSPS) is 11.1. The van der Waals surface area contributed by atoms with Gasteiger partial charge in [-0.15, -0.1) is 0 Å². The Kier molecular flexibility index (Phi) is 3.09. The molecule has 1 aromatic carbocycles. The molecule has 19 heavy (non-hydrogen) atoms. The van der Waals surface area contributed by atoms with Gasteiger partial charge in [-0.3, -0.25) is 4.57 Å². The topological polar surface area (TPSA) is 33.6 Å². The zero-order valence-electron chi connectivity index (χ0n) is 9.95. The van der Waals surface area contributed by atoms with E-state index in [9.17, 15) is 0 Å². The Morgan fingerprint density at radius 3 is 2.89 bits per heavy atom. The highest BCUT2D eigenvalue weighted by Crippen LogP contribution is 2.26. The van der Waals surface area contributed by atoms with Crippen LogP contribution in [0.25, 0.3) is 16.9 Å². The summed E-state index contributed by atoms with van der Waals surface area (Å²) in [6.45, 7) is 1.95. The van der Waals surface area contributed by atoms with E-state index in [0.717, 1.165) is 22.4 Å². The van der Waals surface area contributed by atoms with Gasteiger partial charge in [-0.1, -0.05) is 29.3 Å². The smallest absolute Gasteiger partial charge is 0.184 e. The fourth-order valence-corrected chi connectivity index (χ4v) is 2.65. The summed E-state index contributed by atoms with van der Waals surface area (Å²) in [6.07, 6.45) is 1.60. The van der Waals surface area contributed by atoms with E-state index in [1.165, 1.54) is 0 Å². The zero-order chi connectivity index (χ0) is 13.6. The molecule has 0 unspecified atom stereocenters. The second kappa shape index (κ2) is 4.63. The molecule has 3 rings (SSSR count). The molecule has 3 nitrogen and oxygen atoms in total. The van der Waals surface area contributed by atoms with Crippen LogP contribution in [-0.2, 0) is 0 Å². The van der Waals surface area contributed by atoms with Crippen molar-refractivity contribution in [1.29, 1.82) is 0 Å². The second-order valence-corrected chi connectivity index (χ2v) is 5.40. The maximum atomic E-state index is 6.16. The van der Waals surface area contributed by atoms with Gasteiger partial charge in [0, 0.05) is 11.2 Å². The van der Waals surface area contributed by atoms with Gasteiger partial charge in [-0.05, 0) is 42.9 Å². The predicted octanol–water partition coefficient (Wildman–Crippen LogP) is 4.70. The van der Waals surface area contributed by atoms with Crippen molar-refractivity contribution in [2.45, 2.75) is 6.92 Å². The first-order valence-corrected chi connectivity index (χ1v) is 6.76. The first kappa shape index (κ1) is 12.7. The highest BCUT2D eigenvalue weighted by atomic mass is 35.5. The first-order valence-electron chi connectivity index (χ1n) is 5.59. The average molecular weight is 310 g/mol. The summed E-state index contributed by atoms with van der Waals surface area (Å²) in [7, 11) is 0. The minimum absolute atomic E-state index is 0.565. The summed E-state index contributed by atoms with van der Waals surface area (Å²) >= 11 is 17.5. The van der Waals surface area contributed by atoms with E-state index in [4.69, 9.17) is 35.4 Å². The van der Waals surface area contributed by atoms with Crippen LogP contribution in [0.1, 0.15) is 5.56 Å². The lowest BCUT2D eigenvalue weighted by atomic mass is 10.2. The van der Waals surface area contributed by atoms with Gasteiger partial charge in [0.1, 0.15) is 0 Å². The summed E-state index contributed by atoms with van der Waals surface area (Å²) in [5.41, 5.74) is 3.41. The Bertz CT molecular complexity index is 836. The number of pyridine rings is 1. The van der Waals surface area contributed by atoms with Gasteiger partial charge in [0.05, 0.1) is 16.2 Å². The number of halogens is 2. The molecule has 2 aromatic heterocycles. The third kappa shape index (κ3) is 2.06. The van der Waals surface area contributed by atoms with Crippen molar-refractivity contribution in [2.75, 3.05) is 0 Å².